The number of rotatable bonds is 8. The minimum Gasteiger partial charge on any atom is -0.480 e. The van der Waals surface area contributed by atoms with Gasteiger partial charge in [-0.1, -0.05) is 26.7 Å². The zero-order chi connectivity index (χ0) is 12.6. The second kappa shape index (κ2) is 8.10. The van der Waals surface area contributed by atoms with Crippen molar-refractivity contribution in [3.05, 3.63) is 0 Å². The van der Waals surface area contributed by atoms with Crippen LogP contribution in [0.5, 0.6) is 0 Å². The third-order valence-corrected chi connectivity index (χ3v) is 2.45. The van der Waals surface area contributed by atoms with E-state index in [1.807, 2.05) is 6.92 Å². The van der Waals surface area contributed by atoms with E-state index in [2.05, 4.69) is 6.92 Å². The summed E-state index contributed by atoms with van der Waals surface area (Å²) in [6.07, 6.45) is 3.49. The monoisotopic (exact) mass is 231 g/mol. The Labute approximate surface area is 96.0 Å². The Morgan fingerprint density at radius 3 is 2.44 bits per heavy atom. The Kier molecular flexibility index (Phi) is 7.54. The van der Waals surface area contributed by atoms with Gasteiger partial charge in [0, 0.05) is 0 Å². The molecule has 3 N–H and O–H groups in total. The predicted octanol–water partition coefficient (Wildman–Crippen LogP) is 1.16. The number of carbonyl (C=O) groups is 2. The topological polar surface area (TPSA) is 89.6 Å². The van der Waals surface area contributed by atoms with Crippen LogP contribution in [0.4, 0.5) is 0 Å². The minimum atomic E-state index is -1.16. The van der Waals surface area contributed by atoms with Crippen LogP contribution in [0, 0.1) is 5.92 Å². The SMILES string of the molecule is CCCCC(CC)C(=O)OC[C@H](N)C(=O)O. The molecule has 0 fully saturated rings. The Morgan fingerprint density at radius 1 is 1.38 bits per heavy atom. The third kappa shape index (κ3) is 5.70. The molecule has 94 valence electrons. The first kappa shape index (κ1) is 14.9. The summed E-state index contributed by atoms with van der Waals surface area (Å²) in [5.41, 5.74) is 5.23. The highest BCUT2D eigenvalue weighted by molar-refractivity contribution is 5.75. The van der Waals surface area contributed by atoms with Gasteiger partial charge in [0.2, 0.25) is 0 Å². The summed E-state index contributed by atoms with van der Waals surface area (Å²) in [6, 6.07) is -1.13. The van der Waals surface area contributed by atoms with E-state index >= 15 is 0 Å². The second-order valence-electron chi connectivity index (χ2n) is 3.82. The number of aliphatic carboxylic acids is 1. The van der Waals surface area contributed by atoms with Crippen molar-refractivity contribution in [2.75, 3.05) is 6.61 Å². The quantitative estimate of drug-likeness (QED) is 0.612. The average Bonchev–Trinajstić information content (AvgIpc) is 2.26. The van der Waals surface area contributed by atoms with Gasteiger partial charge in [-0.25, -0.2) is 0 Å². The molecule has 0 aliphatic heterocycles. The van der Waals surface area contributed by atoms with Crippen molar-refractivity contribution in [2.45, 2.75) is 45.6 Å². The van der Waals surface area contributed by atoms with Gasteiger partial charge in [-0.15, -0.1) is 0 Å². The van der Waals surface area contributed by atoms with E-state index < -0.39 is 12.0 Å². The van der Waals surface area contributed by atoms with Crippen LogP contribution < -0.4 is 5.73 Å². The molecular formula is C11H21NO4. The maximum absolute atomic E-state index is 11.5. The maximum atomic E-state index is 11.5. The van der Waals surface area contributed by atoms with Crippen molar-refractivity contribution in [3.8, 4) is 0 Å². The molecule has 0 bridgehead atoms. The van der Waals surface area contributed by atoms with E-state index in [0.29, 0.717) is 6.42 Å². The lowest BCUT2D eigenvalue weighted by molar-refractivity contribution is -0.152. The molecule has 0 rings (SSSR count). The fourth-order valence-electron chi connectivity index (χ4n) is 1.30. The second-order valence-corrected chi connectivity index (χ2v) is 3.82. The van der Waals surface area contributed by atoms with Gasteiger partial charge in [0.25, 0.3) is 0 Å². The summed E-state index contributed by atoms with van der Waals surface area (Å²) < 4.78 is 4.87. The number of hydrogen-bond acceptors (Lipinski definition) is 4. The van der Waals surface area contributed by atoms with Crippen LogP contribution in [0.15, 0.2) is 0 Å². The molecule has 0 aromatic heterocycles. The molecule has 0 amide bonds. The summed E-state index contributed by atoms with van der Waals surface area (Å²) in [7, 11) is 0. The zero-order valence-corrected chi connectivity index (χ0v) is 9.94. The van der Waals surface area contributed by atoms with Gasteiger partial charge < -0.3 is 15.6 Å². The summed E-state index contributed by atoms with van der Waals surface area (Å²) in [5, 5.41) is 8.52. The summed E-state index contributed by atoms with van der Waals surface area (Å²) in [5.74, 6) is -1.64. The van der Waals surface area contributed by atoms with Crippen LogP contribution in [-0.4, -0.2) is 29.7 Å². The molecule has 2 atom stereocenters. The van der Waals surface area contributed by atoms with Crippen molar-refractivity contribution in [1.29, 1.82) is 0 Å². The van der Waals surface area contributed by atoms with E-state index in [9.17, 15) is 9.59 Å². The highest BCUT2D eigenvalue weighted by atomic mass is 16.5. The number of unbranched alkanes of at least 4 members (excludes halogenated alkanes) is 1. The molecular weight excluding hydrogens is 210 g/mol. The molecule has 0 aliphatic rings. The fourth-order valence-corrected chi connectivity index (χ4v) is 1.30. The first-order valence-corrected chi connectivity index (χ1v) is 5.67. The summed E-state index contributed by atoms with van der Waals surface area (Å²) in [4.78, 5) is 21.9. The first-order valence-electron chi connectivity index (χ1n) is 5.67. The van der Waals surface area contributed by atoms with Crippen LogP contribution in [-0.2, 0) is 14.3 Å². The van der Waals surface area contributed by atoms with Gasteiger partial charge in [0.15, 0.2) is 0 Å². The highest BCUT2D eigenvalue weighted by Gasteiger charge is 2.20. The molecule has 5 nitrogen and oxygen atoms in total. The number of ether oxygens (including phenoxy) is 1. The smallest absolute Gasteiger partial charge is 0.324 e. The third-order valence-electron chi connectivity index (χ3n) is 2.45. The first-order chi connectivity index (χ1) is 7.52. The summed E-state index contributed by atoms with van der Waals surface area (Å²) >= 11 is 0. The van der Waals surface area contributed by atoms with Gasteiger partial charge >= 0.3 is 11.9 Å². The molecule has 0 aromatic carbocycles. The number of esters is 1. The van der Waals surface area contributed by atoms with Crippen LogP contribution in [0.1, 0.15) is 39.5 Å². The van der Waals surface area contributed by atoms with Gasteiger partial charge in [0.05, 0.1) is 5.92 Å². The number of carboxylic acid groups (broad SMARTS) is 1. The van der Waals surface area contributed by atoms with Crippen LogP contribution in [0.2, 0.25) is 0 Å². The fraction of sp³-hybridized carbons (Fsp3) is 0.818. The van der Waals surface area contributed by atoms with Gasteiger partial charge in [-0.3, -0.25) is 9.59 Å². The van der Waals surface area contributed by atoms with Crippen molar-refractivity contribution in [2.24, 2.45) is 11.7 Å². The Bertz CT molecular complexity index is 230. The lowest BCUT2D eigenvalue weighted by Crippen LogP contribution is -2.36. The minimum absolute atomic E-state index is 0.138. The molecule has 16 heavy (non-hydrogen) atoms. The Hall–Kier alpha value is -1.10. The number of carbonyl (C=O) groups excluding carboxylic acids is 1. The van der Waals surface area contributed by atoms with Crippen LogP contribution in [0.25, 0.3) is 0 Å². The molecule has 1 unspecified atom stereocenters. The van der Waals surface area contributed by atoms with Crippen LogP contribution in [0.3, 0.4) is 0 Å². The maximum Gasteiger partial charge on any atom is 0.324 e. The molecule has 5 heteroatoms. The molecule has 0 heterocycles. The summed E-state index contributed by atoms with van der Waals surface area (Å²) in [6.45, 7) is 3.72. The van der Waals surface area contributed by atoms with Crippen molar-refractivity contribution >= 4 is 11.9 Å². The Balaban J connectivity index is 3.96. The van der Waals surface area contributed by atoms with Gasteiger partial charge in [0.1, 0.15) is 12.6 Å². The van der Waals surface area contributed by atoms with E-state index in [0.717, 1.165) is 19.3 Å². The lowest BCUT2D eigenvalue weighted by atomic mass is 10.00. The number of hydrogen-bond donors (Lipinski definition) is 2. The van der Waals surface area contributed by atoms with Crippen molar-refractivity contribution in [1.82, 2.24) is 0 Å². The molecule has 0 spiro atoms. The molecule has 0 saturated carbocycles. The zero-order valence-electron chi connectivity index (χ0n) is 9.94. The standard InChI is InChI=1S/C11H21NO4/c1-3-5-6-8(4-2)11(15)16-7-9(12)10(13)14/h8-9H,3-7,12H2,1-2H3,(H,13,14)/t8?,9-/m0/s1. The van der Waals surface area contributed by atoms with E-state index in [-0.39, 0.29) is 18.5 Å². The largest absolute Gasteiger partial charge is 0.480 e. The van der Waals surface area contributed by atoms with Crippen molar-refractivity contribution in [3.63, 3.8) is 0 Å². The predicted molar refractivity (Wildman–Crippen MR) is 59.9 cm³/mol. The molecule has 0 aliphatic carbocycles. The van der Waals surface area contributed by atoms with E-state index in [4.69, 9.17) is 15.6 Å². The van der Waals surface area contributed by atoms with Crippen molar-refractivity contribution < 1.29 is 19.4 Å². The van der Waals surface area contributed by atoms with Crippen LogP contribution >= 0.6 is 0 Å². The highest BCUT2D eigenvalue weighted by Crippen LogP contribution is 2.14. The average molecular weight is 231 g/mol. The molecule has 0 radical (unpaired) electrons. The molecule has 0 aromatic rings. The number of carboxylic acids is 1. The Morgan fingerprint density at radius 2 is 2.00 bits per heavy atom. The van der Waals surface area contributed by atoms with Gasteiger partial charge in [-0.05, 0) is 12.8 Å². The van der Waals surface area contributed by atoms with Gasteiger partial charge in [-0.2, -0.15) is 0 Å². The number of nitrogens with two attached hydrogens (primary N) is 1. The van der Waals surface area contributed by atoms with E-state index in [1.54, 1.807) is 0 Å². The lowest BCUT2D eigenvalue weighted by Gasteiger charge is -2.14. The van der Waals surface area contributed by atoms with E-state index in [1.165, 1.54) is 0 Å². The normalized spacial score (nSPS) is 14.2. The molecule has 0 saturated heterocycles.